The molecule has 1 unspecified atom stereocenters. The number of fused-ring (bicyclic) bond motifs is 1. The third kappa shape index (κ3) is 4.11. The van der Waals surface area contributed by atoms with Crippen LogP contribution >= 0.6 is 0 Å². The van der Waals surface area contributed by atoms with E-state index >= 15 is 0 Å². The van der Waals surface area contributed by atoms with Crippen LogP contribution in [-0.2, 0) is 22.3 Å². The Hall–Kier alpha value is -0.860. The summed E-state index contributed by atoms with van der Waals surface area (Å²) in [5.41, 5.74) is 2.96. The Morgan fingerprint density at radius 2 is 1.94 bits per heavy atom. The van der Waals surface area contributed by atoms with Gasteiger partial charge in [-0.2, -0.15) is 0 Å². The smallest absolute Gasteiger partial charge is 0.0704 e. The van der Waals surface area contributed by atoms with Crippen LogP contribution in [0, 0.1) is 0 Å². The summed E-state index contributed by atoms with van der Waals surface area (Å²) < 4.78 is 11.4. The Balaban J connectivity index is 1.64. The quantitative estimate of drug-likeness (QED) is 0.689. The zero-order valence-electron chi connectivity index (χ0n) is 11.4. The van der Waals surface area contributed by atoms with Gasteiger partial charge in [0.1, 0.15) is 0 Å². The molecule has 1 aromatic rings. The van der Waals surface area contributed by atoms with Crippen LogP contribution in [0.1, 0.15) is 37.3 Å². The first-order valence-electron chi connectivity index (χ1n) is 7.16. The van der Waals surface area contributed by atoms with E-state index < -0.39 is 0 Å². The van der Waals surface area contributed by atoms with Crippen molar-refractivity contribution < 1.29 is 9.47 Å². The minimum Gasteiger partial charge on any atom is -0.379 e. The molecule has 0 aromatic heterocycles. The topological polar surface area (TPSA) is 18.5 Å². The molecule has 0 heterocycles. The zero-order chi connectivity index (χ0) is 12.6. The second kappa shape index (κ2) is 7.55. The van der Waals surface area contributed by atoms with Gasteiger partial charge in [0.05, 0.1) is 19.3 Å². The first kappa shape index (κ1) is 13.6. The molecule has 0 saturated heterocycles. The monoisotopic (exact) mass is 248 g/mol. The van der Waals surface area contributed by atoms with Crippen molar-refractivity contribution in [2.24, 2.45) is 0 Å². The summed E-state index contributed by atoms with van der Waals surface area (Å²) in [6, 6.07) is 8.71. The van der Waals surface area contributed by atoms with E-state index in [2.05, 4.69) is 31.2 Å². The van der Waals surface area contributed by atoms with Crippen LogP contribution in [0.25, 0.3) is 0 Å². The number of hydrogen-bond acceptors (Lipinski definition) is 2. The normalized spacial score (nSPS) is 18.6. The summed E-state index contributed by atoms with van der Waals surface area (Å²) in [6.07, 6.45) is 6.08. The van der Waals surface area contributed by atoms with Crippen molar-refractivity contribution in [3.63, 3.8) is 0 Å². The fourth-order valence-corrected chi connectivity index (χ4v) is 2.43. The van der Waals surface area contributed by atoms with Crippen LogP contribution in [0.5, 0.6) is 0 Å². The van der Waals surface area contributed by atoms with E-state index in [1.54, 1.807) is 0 Å². The van der Waals surface area contributed by atoms with Crippen LogP contribution in [-0.4, -0.2) is 25.9 Å². The van der Waals surface area contributed by atoms with Gasteiger partial charge in [-0.25, -0.2) is 0 Å². The van der Waals surface area contributed by atoms with Gasteiger partial charge in [0, 0.05) is 6.61 Å². The first-order valence-corrected chi connectivity index (χ1v) is 7.16. The molecule has 1 atom stereocenters. The summed E-state index contributed by atoms with van der Waals surface area (Å²) in [5.74, 6) is 0. The number of hydrogen-bond donors (Lipinski definition) is 0. The van der Waals surface area contributed by atoms with Gasteiger partial charge in [-0.05, 0) is 36.8 Å². The van der Waals surface area contributed by atoms with Crippen molar-refractivity contribution in [2.75, 3.05) is 19.8 Å². The fourth-order valence-electron chi connectivity index (χ4n) is 2.43. The van der Waals surface area contributed by atoms with E-state index in [4.69, 9.17) is 9.47 Å². The predicted octanol–water partition coefficient (Wildman–Crippen LogP) is 3.38. The Morgan fingerprint density at radius 1 is 1.11 bits per heavy atom. The average molecular weight is 248 g/mol. The molecule has 0 radical (unpaired) electrons. The lowest BCUT2D eigenvalue weighted by atomic mass is 9.90. The van der Waals surface area contributed by atoms with Crippen LogP contribution in [0.3, 0.4) is 0 Å². The molecule has 1 aliphatic rings. The summed E-state index contributed by atoms with van der Waals surface area (Å²) in [7, 11) is 0. The Morgan fingerprint density at radius 3 is 2.78 bits per heavy atom. The molecular formula is C16H24O2. The van der Waals surface area contributed by atoms with Gasteiger partial charge < -0.3 is 9.47 Å². The lowest BCUT2D eigenvalue weighted by molar-refractivity contribution is -0.000905. The highest BCUT2D eigenvalue weighted by Crippen LogP contribution is 2.22. The highest BCUT2D eigenvalue weighted by atomic mass is 16.5. The molecule has 1 aliphatic carbocycles. The maximum absolute atomic E-state index is 5.90. The SMILES string of the molecule is CCCCOCCOC1CCc2ccccc2C1. The van der Waals surface area contributed by atoms with Gasteiger partial charge in [0.2, 0.25) is 0 Å². The number of aryl methyl sites for hydroxylation is 1. The van der Waals surface area contributed by atoms with Crippen LogP contribution in [0.4, 0.5) is 0 Å². The summed E-state index contributed by atoms with van der Waals surface area (Å²) in [5, 5.41) is 0. The van der Waals surface area contributed by atoms with Gasteiger partial charge in [-0.1, -0.05) is 37.6 Å². The second-order valence-electron chi connectivity index (χ2n) is 4.97. The Kier molecular flexibility index (Phi) is 5.69. The molecule has 18 heavy (non-hydrogen) atoms. The predicted molar refractivity (Wildman–Crippen MR) is 73.9 cm³/mol. The van der Waals surface area contributed by atoms with E-state index in [-0.39, 0.29) is 0 Å². The van der Waals surface area contributed by atoms with Crippen molar-refractivity contribution in [3.8, 4) is 0 Å². The van der Waals surface area contributed by atoms with Crippen molar-refractivity contribution in [3.05, 3.63) is 35.4 Å². The fraction of sp³-hybridized carbons (Fsp3) is 0.625. The van der Waals surface area contributed by atoms with Gasteiger partial charge in [0.25, 0.3) is 0 Å². The highest BCUT2D eigenvalue weighted by Gasteiger charge is 2.18. The molecule has 1 aromatic carbocycles. The standard InChI is InChI=1S/C16H24O2/c1-2-3-10-17-11-12-18-16-9-8-14-6-4-5-7-15(14)13-16/h4-7,16H,2-3,8-13H2,1H3. The summed E-state index contributed by atoms with van der Waals surface area (Å²) >= 11 is 0. The second-order valence-corrected chi connectivity index (χ2v) is 4.97. The molecule has 0 N–H and O–H groups in total. The lowest BCUT2D eigenvalue weighted by Gasteiger charge is -2.24. The maximum Gasteiger partial charge on any atom is 0.0704 e. The molecule has 2 heteroatoms. The van der Waals surface area contributed by atoms with Crippen molar-refractivity contribution in [1.82, 2.24) is 0 Å². The van der Waals surface area contributed by atoms with Crippen molar-refractivity contribution in [1.29, 1.82) is 0 Å². The molecule has 100 valence electrons. The molecule has 0 spiro atoms. The average Bonchev–Trinajstić information content (AvgIpc) is 2.42. The van der Waals surface area contributed by atoms with E-state index in [9.17, 15) is 0 Å². The molecule has 0 saturated carbocycles. The number of unbranched alkanes of at least 4 members (excludes halogenated alkanes) is 1. The largest absolute Gasteiger partial charge is 0.379 e. The lowest BCUT2D eigenvalue weighted by Crippen LogP contribution is -2.24. The molecule has 2 rings (SSSR count). The van der Waals surface area contributed by atoms with Crippen LogP contribution < -0.4 is 0 Å². The van der Waals surface area contributed by atoms with E-state index in [0.29, 0.717) is 6.10 Å². The molecule has 0 aliphatic heterocycles. The number of ether oxygens (including phenoxy) is 2. The Bertz CT molecular complexity index is 349. The minimum absolute atomic E-state index is 0.384. The van der Waals surface area contributed by atoms with E-state index in [1.807, 2.05) is 0 Å². The van der Waals surface area contributed by atoms with Gasteiger partial charge in [-0.3, -0.25) is 0 Å². The molecule has 2 nitrogen and oxygen atoms in total. The van der Waals surface area contributed by atoms with E-state index in [1.165, 1.54) is 17.5 Å². The minimum atomic E-state index is 0.384. The highest BCUT2D eigenvalue weighted by molar-refractivity contribution is 5.29. The maximum atomic E-state index is 5.90. The number of benzene rings is 1. The third-order valence-corrected chi connectivity index (χ3v) is 3.53. The van der Waals surface area contributed by atoms with Crippen LogP contribution in [0.2, 0.25) is 0 Å². The van der Waals surface area contributed by atoms with Crippen molar-refractivity contribution in [2.45, 2.75) is 45.1 Å². The Labute approximate surface area is 110 Å². The van der Waals surface area contributed by atoms with Gasteiger partial charge >= 0.3 is 0 Å². The first-order chi connectivity index (χ1) is 8.90. The molecule has 0 fully saturated rings. The van der Waals surface area contributed by atoms with Crippen molar-refractivity contribution >= 4 is 0 Å². The number of rotatable bonds is 7. The molecule has 0 bridgehead atoms. The molecule has 0 amide bonds. The van der Waals surface area contributed by atoms with Crippen LogP contribution in [0.15, 0.2) is 24.3 Å². The summed E-state index contributed by atoms with van der Waals surface area (Å²) in [4.78, 5) is 0. The molecular weight excluding hydrogens is 224 g/mol. The zero-order valence-corrected chi connectivity index (χ0v) is 11.4. The van der Waals surface area contributed by atoms with Gasteiger partial charge in [0.15, 0.2) is 0 Å². The third-order valence-electron chi connectivity index (χ3n) is 3.53. The summed E-state index contributed by atoms with van der Waals surface area (Å²) in [6.45, 7) is 4.52. The van der Waals surface area contributed by atoms with E-state index in [0.717, 1.165) is 45.5 Å². The van der Waals surface area contributed by atoms with Gasteiger partial charge in [-0.15, -0.1) is 0 Å².